The highest BCUT2D eigenvalue weighted by atomic mass is 32.2. The smallest absolute Gasteiger partial charge is 0.235 e. The Morgan fingerprint density at radius 3 is 2.40 bits per heavy atom. The maximum Gasteiger partial charge on any atom is 0.235 e. The number of phenols is 1. The number of sulfone groups is 1. The van der Waals surface area contributed by atoms with Crippen molar-refractivity contribution in [3.8, 4) is 5.75 Å². The molecule has 0 amide bonds. The van der Waals surface area contributed by atoms with Gasteiger partial charge < -0.3 is 5.11 Å². The first-order chi connectivity index (χ1) is 9.21. The molecule has 0 aliphatic carbocycles. The molecule has 2 N–H and O–H groups in total. The molecule has 6 nitrogen and oxygen atoms in total. The fourth-order valence-corrected chi connectivity index (χ4v) is 5.55. The molecule has 1 aliphatic heterocycles. The summed E-state index contributed by atoms with van der Waals surface area (Å²) >= 11 is 0. The van der Waals surface area contributed by atoms with E-state index in [4.69, 9.17) is 0 Å². The van der Waals surface area contributed by atoms with Gasteiger partial charge in [0.2, 0.25) is 10.0 Å². The molecular formula is C12H17NO5S2. The van der Waals surface area contributed by atoms with E-state index in [1.54, 1.807) is 19.1 Å². The Morgan fingerprint density at radius 2 is 1.85 bits per heavy atom. The van der Waals surface area contributed by atoms with E-state index < -0.39 is 25.1 Å². The molecule has 2 rings (SSSR count). The van der Waals surface area contributed by atoms with Gasteiger partial charge in [-0.2, -0.15) is 0 Å². The zero-order valence-corrected chi connectivity index (χ0v) is 12.7. The third kappa shape index (κ3) is 3.24. The summed E-state index contributed by atoms with van der Waals surface area (Å²) in [7, 11) is -6.81. The maximum absolute atomic E-state index is 12.3. The Kier molecular flexibility index (Phi) is 3.97. The molecule has 0 spiro atoms. The van der Waals surface area contributed by atoms with E-state index in [-0.39, 0.29) is 35.8 Å². The van der Waals surface area contributed by atoms with E-state index >= 15 is 0 Å². The first kappa shape index (κ1) is 15.1. The summed E-state index contributed by atoms with van der Waals surface area (Å²) in [5.41, 5.74) is 0.762. The summed E-state index contributed by atoms with van der Waals surface area (Å²) in [6, 6.07) is 4.70. The van der Waals surface area contributed by atoms with Crippen LogP contribution in [-0.4, -0.2) is 38.7 Å². The normalized spacial score (nSPS) is 19.6. The minimum atomic E-state index is -3.71. The van der Waals surface area contributed by atoms with Gasteiger partial charge in [0.15, 0.2) is 0 Å². The predicted octanol–water partition coefficient (Wildman–Crippen LogP) is 1.02. The molecule has 0 atom stereocenters. The van der Waals surface area contributed by atoms with Crippen molar-refractivity contribution in [3.05, 3.63) is 23.8 Å². The molecule has 0 saturated carbocycles. The minimum absolute atomic E-state index is 0.0876. The van der Waals surface area contributed by atoms with Crippen molar-refractivity contribution in [2.24, 2.45) is 0 Å². The van der Waals surface area contributed by atoms with Crippen molar-refractivity contribution < 1.29 is 21.9 Å². The lowest BCUT2D eigenvalue weighted by molar-refractivity contribution is 0.477. The Bertz CT molecular complexity index is 675. The highest BCUT2D eigenvalue weighted by molar-refractivity contribution is 7.94. The number of phenolic OH excluding ortho intramolecular Hbond substituents is 1. The number of aryl methyl sites for hydroxylation is 1. The fourth-order valence-electron chi connectivity index (χ4n) is 2.19. The van der Waals surface area contributed by atoms with Crippen LogP contribution in [0.1, 0.15) is 18.4 Å². The molecule has 112 valence electrons. The molecule has 1 aliphatic rings. The van der Waals surface area contributed by atoms with Gasteiger partial charge in [-0.3, -0.25) is 4.72 Å². The molecule has 1 aromatic rings. The number of nitrogens with one attached hydrogen (secondary N) is 1. The third-order valence-electron chi connectivity index (χ3n) is 3.44. The number of para-hydroxylation sites is 1. The maximum atomic E-state index is 12.3. The van der Waals surface area contributed by atoms with Crippen LogP contribution in [0.5, 0.6) is 5.75 Å². The SMILES string of the molecule is Cc1cccc(O)c1NS(=O)(=O)C1CCS(=O)(=O)CC1. The number of benzene rings is 1. The van der Waals surface area contributed by atoms with Gasteiger partial charge in [0.25, 0.3) is 0 Å². The van der Waals surface area contributed by atoms with Crippen LogP contribution in [0.3, 0.4) is 0 Å². The zero-order chi connectivity index (χ0) is 15.0. The second-order valence-electron chi connectivity index (χ2n) is 4.97. The van der Waals surface area contributed by atoms with Gasteiger partial charge in [0.1, 0.15) is 15.6 Å². The summed E-state index contributed by atoms with van der Waals surface area (Å²) in [6.45, 7) is 1.68. The molecule has 0 unspecified atom stereocenters. The number of anilines is 1. The Hall–Kier alpha value is -1.28. The van der Waals surface area contributed by atoms with E-state index in [0.717, 1.165) is 0 Å². The molecule has 0 bridgehead atoms. The van der Waals surface area contributed by atoms with Crippen LogP contribution in [0.2, 0.25) is 0 Å². The van der Waals surface area contributed by atoms with Crippen molar-refractivity contribution >= 4 is 25.5 Å². The summed E-state index contributed by atoms with van der Waals surface area (Å²) in [5.74, 6) is -0.367. The molecule has 0 radical (unpaired) electrons. The molecule has 0 aromatic heterocycles. The quantitative estimate of drug-likeness (QED) is 0.810. The van der Waals surface area contributed by atoms with Gasteiger partial charge >= 0.3 is 0 Å². The summed E-state index contributed by atoms with van der Waals surface area (Å²) in [4.78, 5) is 0. The van der Waals surface area contributed by atoms with E-state index in [2.05, 4.69) is 4.72 Å². The van der Waals surface area contributed by atoms with Crippen molar-refractivity contribution in [3.63, 3.8) is 0 Å². The number of rotatable bonds is 3. The van der Waals surface area contributed by atoms with Gasteiger partial charge in [-0.15, -0.1) is 0 Å². The lowest BCUT2D eigenvalue weighted by Crippen LogP contribution is -2.36. The molecule has 1 fully saturated rings. The Balaban J connectivity index is 2.20. The van der Waals surface area contributed by atoms with E-state index in [1.165, 1.54) is 6.07 Å². The number of sulfonamides is 1. The summed E-state index contributed by atoms with van der Waals surface area (Å²) in [6.07, 6.45) is 0.175. The monoisotopic (exact) mass is 319 g/mol. The Labute approximate surface area is 118 Å². The summed E-state index contributed by atoms with van der Waals surface area (Å²) < 4.78 is 49.6. The highest BCUT2D eigenvalue weighted by Gasteiger charge is 2.33. The largest absolute Gasteiger partial charge is 0.506 e. The van der Waals surface area contributed by atoms with Crippen molar-refractivity contribution in [2.45, 2.75) is 25.0 Å². The lowest BCUT2D eigenvalue weighted by Gasteiger charge is -2.23. The molecule has 20 heavy (non-hydrogen) atoms. The van der Waals surface area contributed by atoms with E-state index in [1.807, 2.05) is 0 Å². The van der Waals surface area contributed by atoms with Crippen LogP contribution in [0.25, 0.3) is 0 Å². The van der Waals surface area contributed by atoms with Gasteiger partial charge in [-0.05, 0) is 31.4 Å². The first-order valence-electron chi connectivity index (χ1n) is 6.22. The topological polar surface area (TPSA) is 101 Å². The van der Waals surface area contributed by atoms with E-state index in [0.29, 0.717) is 5.56 Å². The van der Waals surface area contributed by atoms with Crippen LogP contribution >= 0.6 is 0 Å². The average molecular weight is 319 g/mol. The fraction of sp³-hybridized carbons (Fsp3) is 0.500. The molecule has 1 heterocycles. The number of hydrogen-bond donors (Lipinski definition) is 2. The van der Waals surface area contributed by atoms with Crippen molar-refractivity contribution in [2.75, 3.05) is 16.2 Å². The standard InChI is InChI=1S/C12H17NO5S2/c1-9-3-2-4-11(14)12(9)13-20(17,18)10-5-7-19(15,16)8-6-10/h2-4,10,13-14H,5-8H2,1H3. The third-order valence-corrected chi connectivity index (χ3v) is 6.99. The number of hydrogen-bond acceptors (Lipinski definition) is 5. The second kappa shape index (κ2) is 5.25. The first-order valence-corrected chi connectivity index (χ1v) is 9.59. The van der Waals surface area contributed by atoms with Gasteiger partial charge in [0.05, 0.1) is 22.4 Å². The Morgan fingerprint density at radius 1 is 1.25 bits per heavy atom. The zero-order valence-electron chi connectivity index (χ0n) is 11.0. The van der Waals surface area contributed by atoms with E-state index in [9.17, 15) is 21.9 Å². The van der Waals surface area contributed by atoms with Crippen LogP contribution in [-0.2, 0) is 19.9 Å². The van der Waals surface area contributed by atoms with Crippen molar-refractivity contribution in [1.82, 2.24) is 0 Å². The van der Waals surface area contributed by atoms with Crippen LogP contribution in [0.4, 0.5) is 5.69 Å². The highest BCUT2D eigenvalue weighted by Crippen LogP contribution is 2.30. The molecular weight excluding hydrogens is 302 g/mol. The predicted molar refractivity (Wildman–Crippen MR) is 77.1 cm³/mol. The van der Waals surface area contributed by atoms with Gasteiger partial charge in [-0.25, -0.2) is 16.8 Å². The van der Waals surface area contributed by atoms with Gasteiger partial charge in [0, 0.05) is 0 Å². The average Bonchev–Trinajstić information content (AvgIpc) is 2.33. The molecule has 8 heteroatoms. The van der Waals surface area contributed by atoms with Crippen molar-refractivity contribution in [1.29, 1.82) is 0 Å². The molecule has 1 aromatic carbocycles. The minimum Gasteiger partial charge on any atom is -0.506 e. The second-order valence-corrected chi connectivity index (χ2v) is 9.23. The molecule has 1 saturated heterocycles. The lowest BCUT2D eigenvalue weighted by atomic mass is 10.2. The van der Waals surface area contributed by atoms with Crippen LogP contribution < -0.4 is 4.72 Å². The van der Waals surface area contributed by atoms with Crippen LogP contribution in [0, 0.1) is 6.92 Å². The summed E-state index contributed by atoms with van der Waals surface area (Å²) in [5, 5.41) is 8.97. The van der Waals surface area contributed by atoms with Gasteiger partial charge in [-0.1, -0.05) is 12.1 Å². The number of aromatic hydroxyl groups is 1. The van der Waals surface area contributed by atoms with Crippen LogP contribution in [0.15, 0.2) is 18.2 Å².